The normalized spacial score (nSPS) is 16.1. The molecule has 0 spiro atoms. The molecule has 1 N–H and O–H groups in total. The van der Waals surface area contributed by atoms with Gasteiger partial charge in [0, 0.05) is 35.8 Å². The summed E-state index contributed by atoms with van der Waals surface area (Å²) in [5.74, 6) is -1.24. The maximum absolute atomic E-state index is 12.6. The van der Waals surface area contributed by atoms with Crippen molar-refractivity contribution in [3.8, 4) is 0 Å². The van der Waals surface area contributed by atoms with Crippen molar-refractivity contribution in [1.82, 2.24) is 14.8 Å². The van der Waals surface area contributed by atoms with Crippen molar-refractivity contribution in [3.05, 3.63) is 77.5 Å². The first-order valence-electron chi connectivity index (χ1n) is 9.09. The average molecular weight is 373 g/mol. The van der Waals surface area contributed by atoms with Crippen LogP contribution in [0.4, 0.5) is 4.79 Å². The van der Waals surface area contributed by atoms with E-state index in [1.807, 2.05) is 48.7 Å². The number of rotatable bonds is 4. The van der Waals surface area contributed by atoms with Gasteiger partial charge < -0.3 is 4.57 Å². The van der Waals surface area contributed by atoms with E-state index in [-0.39, 0.29) is 12.1 Å². The molecule has 2 heterocycles. The number of imide groups is 2. The quantitative estimate of drug-likeness (QED) is 0.564. The average Bonchev–Trinajstić information content (AvgIpc) is 3.04. The Hall–Kier alpha value is -3.67. The molecule has 3 aromatic rings. The van der Waals surface area contributed by atoms with Crippen molar-refractivity contribution in [2.45, 2.75) is 13.5 Å². The number of nitrogens with one attached hydrogen (secondary N) is 1. The van der Waals surface area contributed by atoms with Gasteiger partial charge in [-0.15, -0.1) is 0 Å². The minimum Gasteiger partial charge on any atom is -0.342 e. The zero-order chi connectivity index (χ0) is 19.7. The highest BCUT2D eigenvalue weighted by molar-refractivity contribution is 6.31. The first-order valence-corrected chi connectivity index (χ1v) is 9.09. The Morgan fingerprint density at radius 3 is 2.43 bits per heavy atom. The highest BCUT2D eigenvalue weighted by Gasteiger charge is 2.34. The van der Waals surface area contributed by atoms with E-state index in [0.717, 1.165) is 26.9 Å². The number of hydrogen-bond donors (Lipinski definition) is 1. The molecule has 140 valence electrons. The number of benzene rings is 2. The standard InChI is InChI=1S/C22H19N3O3/c1-2-25-21(27)18(20(26)23-22(25)28)12-16-14-24(13-15-8-4-3-5-9-15)19-11-7-6-10-17(16)19/h3-12,14H,2,13H2,1H3,(H,23,26,28). The predicted octanol–water partition coefficient (Wildman–Crippen LogP) is 3.17. The second kappa shape index (κ2) is 7.15. The van der Waals surface area contributed by atoms with Crippen LogP contribution in [0.3, 0.4) is 0 Å². The van der Waals surface area contributed by atoms with Crippen LogP contribution in [0.1, 0.15) is 18.1 Å². The van der Waals surface area contributed by atoms with Gasteiger partial charge in [0.1, 0.15) is 5.57 Å². The van der Waals surface area contributed by atoms with Crippen molar-refractivity contribution in [2.24, 2.45) is 0 Å². The number of carbonyl (C=O) groups is 3. The fraction of sp³-hybridized carbons (Fsp3) is 0.136. The highest BCUT2D eigenvalue weighted by atomic mass is 16.2. The fourth-order valence-corrected chi connectivity index (χ4v) is 3.44. The largest absolute Gasteiger partial charge is 0.342 e. The van der Waals surface area contributed by atoms with Gasteiger partial charge >= 0.3 is 6.03 Å². The summed E-state index contributed by atoms with van der Waals surface area (Å²) in [5, 5.41) is 3.16. The molecule has 0 atom stereocenters. The number of barbiturate groups is 1. The lowest BCUT2D eigenvalue weighted by molar-refractivity contribution is -0.129. The summed E-state index contributed by atoms with van der Waals surface area (Å²) < 4.78 is 2.09. The number of carbonyl (C=O) groups excluding carboxylic acids is 3. The maximum atomic E-state index is 12.6. The van der Waals surface area contributed by atoms with Crippen LogP contribution in [-0.4, -0.2) is 33.9 Å². The molecule has 1 aromatic heterocycles. The number of likely N-dealkylation sites (N-methyl/N-ethyl adjacent to an activating group) is 1. The molecule has 1 fully saturated rings. The molecule has 1 aliphatic rings. The molecule has 0 unspecified atom stereocenters. The predicted molar refractivity (Wildman–Crippen MR) is 106 cm³/mol. The topological polar surface area (TPSA) is 71.4 Å². The molecule has 0 bridgehead atoms. The Morgan fingerprint density at radius 1 is 0.964 bits per heavy atom. The number of fused-ring (bicyclic) bond motifs is 1. The van der Waals surface area contributed by atoms with E-state index in [1.54, 1.807) is 13.0 Å². The molecule has 4 rings (SSSR count). The first-order chi connectivity index (χ1) is 13.6. The maximum Gasteiger partial charge on any atom is 0.331 e. The number of para-hydroxylation sites is 1. The van der Waals surface area contributed by atoms with Gasteiger partial charge in [0.2, 0.25) is 0 Å². The SMILES string of the molecule is CCN1C(=O)NC(=O)C(=Cc2cn(Cc3ccccc3)c3ccccc23)C1=O. The number of amides is 4. The lowest BCUT2D eigenvalue weighted by Crippen LogP contribution is -2.53. The lowest BCUT2D eigenvalue weighted by Gasteiger charge is -2.24. The second-order valence-electron chi connectivity index (χ2n) is 6.58. The van der Waals surface area contributed by atoms with Crippen LogP contribution in [-0.2, 0) is 16.1 Å². The van der Waals surface area contributed by atoms with Crippen molar-refractivity contribution in [3.63, 3.8) is 0 Å². The zero-order valence-electron chi connectivity index (χ0n) is 15.4. The number of urea groups is 1. The van der Waals surface area contributed by atoms with Crippen LogP contribution < -0.4 is 5.32 Å². The Labute approximate surface area is 162 Å². The van der Waals surface area contributed by atoms with Crippen LogP contribution >= 0.6 is 0 Å². The van der Waals surface area contributed by atoms with Crippen molar-refractivity contribution >= 4 is 34.8 Å². The van der Waals surface area contributed by atoms with E-state index in [2.05, 4.69) is 22.0 Å². The van der Waals surface area contributed by atoms with Crippen LogP contribution in [0.15, 0.2) is 66.4 Å². The second-order valence-corrected chi connectivity index (χ2v) is 6.58. The summed E-state index contributed by atoms with van der Waals surface area (Å²) >= 11 is 0. The van der Waals surface area contributed by atoms with E-state index < -0.39 is 17.8 Å². The zero-order valence-corrected chi connectivity index (χ0v) is 15.4. The monoisotopic (exact) mass is 373 g/mol. The minimum absolute atomic E-state index is 0.0379. The molecule has 0 radical (unpaired) electrons. The third-order valence-corrected chi connectivity index (χ3v) is 4.82. The summed E-state index contributed by atoms with van der Waals surface area (Å²) in [5.41, 5.74) is 2.88. The van der Waals surface area contributed by atoms with E-state index in [0.29, 0.717) is 6.54 Å². The summed E-state index contributed by atoms with van der Waals surface area (Å²) in [4.78, 5) is 37.7. The fourth-order valence-electron chi connectivity index (χ4n) is 3.44. The van der Waals surface area contributed by atoms with Crippen molar-refractivity contribution in [1.29, 1.82) is 0 Å². The highest BCUT2D eigenvalue weighted by Crippen LogP contribution is 2.25. The molecular formula is C22H19N3O3. The van der Waals surface area contributed by atoms with E-state index >= 15 is 0 Å². The molecule has 6 heteroatoms. The van der Waals surface area contributed by atoms with Gasteiger partial charge in [0.15, 0.2) is 0 Å². The van der Waals surface area contributed by atoms with Gasteiger partial charge in [-0.3, -0.25) is 19.8 Å². The van der Waals surface area contributed by atoms with Gasteiger partial charge in [-0.2, -0.15) is 0 Å². The van der Waals surface area contributed by atoms with E-state index in [9.17, 15) is 14.4 Å². The van der Waals surface area contributed by atoms with Gasteiger partial charge in [-0.1, -0.05) is 48.5 Å². The molecule has 0 saturated carbocycles. The smallest absolute Gasteiger partial charge is 0.331 e. The number of hydrogen-bond acceptors (Lipinski definition) is 3. The Bertz CT molecular complexity index is 1110. The Morgan fingerprint density at radius 2 is 1.68 bits per heavy atom. The van der Waals surface area contributed by atoms with Crippen LogP contribution in [0.25, 0.3) is 17.0 Å². The van der Waals surface area contributed by atoms with Gasteiger partial charge in [-0.25, -0.2) is 4.79 Å². The molecule has 2 aromatic carbocycles. The van der Waals surface area contributed by atoms with E-state index in [4.69, 9.17) is 0 Å². The summed E-state index contributed by atoms with van der Waals surface area (Å²) in [6, 6.07) is 17.2. The summed E-state index contributed by atoms with van der Waals surface area (Å²) in [6.07, 6.45) is 3.49. The number of aromatic nitrogens is 1. The van der Waals surface area contributed by atoms with Crippen LogP contribution in [0, 0.1) is 0 Å². The van der Waals surface area contributed by atoms with Crippen LogP contribution in [0.5, 0.6) is 0 Å². The molecular weight excluding hydrogens is 354 g/mol. The minimum atomic E-state index is -0.679. The summed E-state index contributed by atoms with van der Waals surface area (Å²) in [7, 11) is 0. The third-order valence-electron chi connectivity index (χ3n) is 4.82. The molecule has 1 aliphatic heterocycles. The lowest BCUT2D eigenvalue weighted by atomic mass is 10.1. The Kier molecular flexibility index (Phi) is 4.53. The van der Waals surface area contributed by atoms with Crippen molar-refractivity contribution < 1.29 is 14.4 Å². The molecule has 1 saturated heterocycles. The molecule has 0 aliphatic carbocycles. The van der Waals surface area contributed by atoms with Gasteiger partial charge in [0.05, 0.1) is 0 Å². The molecule has 28 heavy (non-hydrogen) atoms. The summed E-state index contributed by atoms with van der Waals surface area (Å²) in [6.45, 7) is 2.56. The number of nitrogens with zero attached hydrogens (tertiary/aromatic N) is 2. The Balaban J connectivity index is 1.79. The van der Waals surface area contributed by atoms with Crippen molar-refractivity contribution in [2.75, 3.05) is 6.54 Å². The van der Waals surface area contributed by atoms with Crippen LogP contribution in [0.2, 0.25) is 0 Å². The van der Waals surface area contributed by atoms with E-state index in [1.165, 1.54) is 0 Å². The molecule has 4 amide bonds. The van der Waals surface area contributed by atoms with Gasteiger partial charge in [0.25, 0.3) is 11.8 Å². The molecule has 6 nitrogen and oxygen atoms in total. The third kappa shape index (κ3) is 3.09. The first kappa shape index (κ1) is 17.7. The van der Waals surface area contributed by atoms with Gasteiger partial charge in [-0.05, 0) is 24.6 Å².